The van der Waals surface area contributed by atoms with Crippen LogP contribution in [0.2, 0.25) is 0 Å². The smallest absolute Gasteiger partial charge is 0.306 e. The number of carbonyl (C=O) groups excluding carboxylic acids is 2. The molecule has 0 aliphatic rings. The summed E-state index contributed by atoms with van der Waals surface area (Å²) >= 11 is 0. The molecule has 0 N–H and O–H groups in total. The molecular formula is C59H108O5. The highest BCUT2D eigenvalue weighted by Gasteiger charge is 2.17. The van der Waals surface area contributed by atoms with Gasteiger partial charge in [-0.1, -0.05) is 243 Å². The first-order valence-electron chi connectivity index (χ1n) is 28.2. The zero-order chi connectivity index (χ0) is 46.3. The molecule has 0 spiro atoms. The number of allylic oxidation sites excluding steroid dienone is 8. The van der Waals surface area contributed by atoms with Crippen molar-refractivity contribution in [3.05, 3.63) is 48.6 Å². The third-order valence-corrected chi connectivity index (χ3v) is 12.3. The molecule has 0 saturated heterocycles. The lowest BCUT2D eigenvalue weighted by molar-refractivity contribution is -0.163. The quantitative estimate of drug-likeness (QED) is 0.0346. The van der Waals surface area contributed by atoms with Gasteiger partial charge in [0.25, 0.3) is 0 Å². The fourth-order valence-corrected chi connectivity index (χ4v) is 8.10. The van der Waals surface area contributed by atoms with Gasteiger partial charge in [-0.15, -0.1) is 0 Å². The van der Waals surface area contributed by atoms with Gasteiger partial charge in [-0.25, -0.2) is 0 Å². The molecule has 0 aliphatic carbocycles. The summed E-state index contributed by atoms with van der Waals surface area (Å²) in [5, 5.41) is 0. The Labute approximate surface area is 399 Å². The van der Waals surface area contributed by atoms with Crippen LogP contribution in [0.15, 0.2) is 48.6 Å². The van der Waals surface area contributed by atoms with E-state index in [0.29, 0.717) is 19.4 Å². The van der Waals surface area contributed by atoms with E-state index in [4.69, 9.17) is 14.2 Å². The van der Waals surface area contributed by atoms with Gasteiger partial charge in [0.2, 0.25) is 0 Å². The summed E-state index contributed by atoms with van der Waals surface area (Å²) in [6, 6.07) is 0. The number of rotatable bonds is 52. The second-order valence-electron chi connectivity index (χ2n) is 18.8. The minimum absolute atomic E-state index is 0.0833. The minimum atomic E-state index is -0.538. The summed E-state index contributed by atoms with van der Waals surface area (Å²) in [6.07, 6.45) is 68.5. The van der Waals surface area contributed by atoms with Gasteiger partial charge >= 0.3 is 11.9 Å². The molecule has 5 nitrogen and oxygen atoms in total. The van der Waals surface area contributed by atoms with Crippen LogP contribution in [0.4, 0.5) is 0 Å². The topological polar surface area (TPSA) is 61.8 Å². The van der Waals surface area contributed by atoms with Crippen molar-refractivity contribution in [2.45, 2.75) is 297 Å². The van der Waals surface area contributed by atoms with Crippen molar-refractivity contribution >= 4 is 11.9 Å². The molecule has 0 heterocycles. The normalized spacial score (nSPS) is 12.5. The molecule has 1 unspecified atom stereocenters. The Morgan fingerprint density at radius 3 is 1.09 bits per heavy atom. The standard InChI is InChI=1S/C59H108O5/c1-4-7-10-13-16-19-21-23-25-27-29-31-33-35-37-39-42-45-48-51-54-62-55-57(64-59(61)53-50-47-44-40-18-15-12-9-6-3)56-63-58(60)52-49-46-43-41-38-36-34-32-30-28-26-24-22-20-17-14-11-8-5-2/h16,19,23-26,29,31,57H,4-15,17-18,20-22,27-28,30,32-56H2,1-3H3/b19-16-,25-23-,26-24-,31-29-. The van der Waals surface area contributed by atoms with Crippen LogP contribution in [0.3, 0.4) is 0 Å². The second-order valence-corrected chi connectivity index (χ2v) is 18.8. The van der Waals surface area contributed by atoms with Crippen molar-refractivity contribution in [1.29, 1.82) is 0 Å². The number of unbranched alkanes of at least 4 members (excludes halogenated alkanes) is 33. The number of hydrogen-bond donors (Lipinski definition) is 0. The molecule has 0 aliphatic heterocycles. The summed E-state index contributed by atoms with van der Waals surface area (Å²) in [5.74, 6) is -0.395. The first kappa shape index (κ1) is 61.9. The molecule has 0 amide bonds. The Morgan fingerprint density at radius 1 is 0.344 bits per heavy atom. The molecule has 1 atom stereocenters. The molecule has 0 bridgehead atoms. The van der Waals surface area contributed by atoms with Crippen molar-refractivity contribution in [2.24, 2.45) is 0 Å². The van der Waals surface area contributed by atoms with Gasteiger partial charge in [0.15, 0.2) is 6.10 Å². The van der Waals surface area contributed by atoms with Crippen LogP contribution in [0.25, 0.3) is 0 Å². The van der Waals surface area contributed by atoms with Gasteiger partial charge in [-0.05, 0) is 83.5 Å². The van der Waals surface area contributed by atoms with Gasteiger partial charge < -0.3 is 14.2 Å². The Hall–Kier alpha value is -2.14. The molecule has 374 valence electrons. The van der Waals surface area contributed by atoms with Crippen molar-refractivity contribution < 1.29 is 23.8 Å². The third kappa shape index (κ3) is 52.5. The lowest BCUT2D eigenvalue weighted by Crippen LogP contribution is -2.30. The minimum Gasteiger partial charge on any atom is -0.462 e. The zero-order valence-corrected chi connectivity index (χ0v) is 43.1. The maximum Gasteiger partial charge on any atom is 0.306 e. The third-order valence-electron chi connectivity index (χ3n) is 12.3. The Balaban J connectivity index is 4.15. The molecule has 64 heavy (non-hydrogen) atoms. The van der Waals surface area contributed by atoms with Gasteiger partial charge in [0, 0.05) is 19.4 Å². The second kappa shape index (κ2) is 55.2. The average molecular weight is 898 g/mol. The summed E-state index contributed by atoms with van der Waals surface area (Å²) in [5.41, 5.74) is 0. The number of esters is 2. The SMILES string of the molecule is CCCCC/C=C\C/C=C\C/C=C\CCCCCCCCCOCC(COC(=O)CCCCCCCCCCC/C=C\CCCCCCCC)OC(=O)CCCCCCCCCCC. The predicted molar refractivity (Wildman–Crippen MR) is 279 cm³/mol. The number of hydrogen-bond acceptors (Lipinski definition) is 5. The molecule has 0 fully saturated rings. The summed E-state index contributed by atoms with van der Waals surface area (Å²) in [4.78, 5) is 25.4. The largest absolute Gasteiger partial charge is 0.462 e. The molecule has 0 aromatic rings. The average Bonchev–Trinajstić information content (AvgIpc) is 3.30. The van der Waals surface area contributed by atoms with Crippen molar-refractivity contribution in [2.75, 3.05) is 19.8 Å². The maximum absolute atomic E-state index is 12.8. The van der Waals surface area contributed by atoms with E-state index in [0.717, 1.165) is 51.4 Å². The van der Waals surface area contributed by atoms with Gasteiger partial charge in [-0.2, -0.15) is 0 Å². The van der Waals surface area contributed by atoms with E-state index in [2.05, 4.69) is 69.4 Å². The van der Waals surface area contributed by atoms with Crippen LogP contribution in [0.1, 0.15) is 290 Å². The van der Waals surface area contributed by atoms with E-state index in [1.54, 1.807) is 0 Å². The number of carbonyl (C=O) groups is 2. The highest BCUT2D eigenvalue weighted by Crippen LogP contribution is 2.15. The van der Waals surface area contributed by atoms with Crippen LogP contribution in [-0.4, -0.2) is 37.9 Å². The summed E-state index contributed by atoms with van der Waals surface area (Å²) in [6.45, 7) is 7.80. The summed E-state index contributed by atoms with van der Waals surface area (Å²) < 4.78 is 17.4. The fourth-order valence-electron chi connectivity index (χ4n) is 8.10. The van der Waals surface area contributed by atoms with Gasteiger partial charge in [0.05, 0.1) is 6.61 Å². The molecular weight excluding hydrogens is 789 g/mol. The highest BCUT2D eigenvalue weighted by molar-refractivity contribution is 5.70. The highest BCUT2D eigenvalue weighted by atomic mass is 16.6. The van der Waals surface area contributed by atoms with Gasteiger partial charge in [0.1, 0.15) is 6.61 Å². The van der Waals surface area contributed by atoms with E-state index in [1.807, 2.05) is 0 Å². The zero-order valence-electron chi connectivity index (χ0n) is 43.1. The van der Waals surface area contributed by atoms with E-state index < -0.39 is 6.10 Å². The van der Waals surface area contributed by atoms with E-state index in [-0.39, 0.29) is 25.2 Å². The Morgan fingerprint density at radius 2 is 0.656 bits per heavy atom. The molecule has 0 rings (SSSR count). The van der Waals surface area contributed by atoms with Gasteiger partial charge in [-0.3, -0.25) is 9.59 Å². The van der Waals surface area contributed by atoms with Crippen LogP contribution < -0.4 is 0 Å². The first-order valence-corrected chi connectivity index (χ1v) is 28.2. The summed E-state index contributed by atoms with van der Waals surface area (Å²) in [7, 11) is 0. The molecule has 0 radical (unpaired) electrons. The number of ether oxygens (including phenoxy) is 3. The predicted octanol–water partition coefficient (Wildman–Crippen LogP) is 19.1. The van der Waals surface area contributed by atoms with Crippen molar-refractivity contribution in [3.8, 4) is 0 Å². The Kier molecular flexibility index (Phi) is 53.3. The molecule has 5 heteroatoms. The first-order chi connectivity index (χ1) is 31.6. The van der Waals surface area contributed by atoms with E-state index in [1.165, 1.54) is 205 Å². The van der Waals surface area contributed by atoms with Crippen molar-refractivity contribution in [1.82, 2.24) is 0 Å². The molecule has 0 aromatic carbocycles. The van der Waals surface area contributed by atoms with Crippen LogP contribution >= 0.6 is 0 Å². The lowest BCUT2D eigenvalue weighted by Gasteiger charge is -2.18. The van der Waals surface area contributed by atoms with Crippen LogP contribution in [0, 0.1) is 0 Å². The maximum atomic E-state index is 12.8. The Bertz CT molecular complexity index is 1060. The molecule has 0 saturated carbocycles. The van der Waals surface area contributed by atoms with Crippen molar-refractivity contribution in [3.63, 3.8) is 0 Å². The molecule has 0 aromatic heterocycles. The fraction of sp³-hybridized carbons (Fsp3) is 0.831. The van der Waals surface area contributed by atoms with E-state index in [9.17, 15) is 9.59 Å². The van der Waals surface area contributed by atoms with Crippen LogP contribution in [0.5, 0.6) is 0 Å². The lowest BCUT2D eigenvalue weighted by atomic mass is 10.1. The monoisotopic (exact) mass is 897 g/mol. The van der Waals surface area contributed by atoms with E-state index >= 15 is 0 Å². The van der Waals surface area contributed by atoms with Crippen LogP contribution in [-0.2, 0) is 23.8 Å².